The quantitative estimate of drug-likeness (QED) is 0.00526. The van der Waals surface area contributed by atoms with Crippen molar-refractivity contribution in [2.45, 2.75) is 208 Å². The van der Waals surface area contributed by atoms with Crippen molar-refractivity contribution in [3.8, 4) is 34.5 Å². The average Bonchev–Trinajstić information content (AvgIpc) is 1.59. The zero-order valence-corrected chi connectivity index (χ0v) is 76.0. The Morgan fingerprint density at radius 1 is 0.824 bits per heavy atom. The number of aromatic nitrogens is 1. The van der Waals surface area contributed by atoms with Crippen LogP contribution in [0.2, 0.25) is 0 Å². The van der Waals surface area contributed by atoms with Gasteiger partial charge in [0.2, 0.25) is 23.0 Å². The Bertz CT molecular complexity index is 5620. The number of nitrogens with one attached hydrogen (secondary N) is 4. The molecule has 2 saturated heterocycles. The third-order valence-electron chi connectivity index (χ3n) is 26.9. The number of benzene rings is 5. The predicted octanol–water partition coefficient (Wildman–Crippen LogP) is 12.5. The molecule has 7 heterocycles. The number of methoxy groups -OCH3 is 2. The van der Waals surface area contributed by atoms with Crippen LogP contribution in [0.3, 0.4) is 0 Å². The number of aliphatic carboxylic acids is 1. The summed E-state index contributed by atoms with van der Waals surface area (Å²) in [7, 11) is 2.86. The van der Waals surface area contributed by atoms with E-state index in [0.717, 1.165) is 49.8 Å². The molecule has 10 N–H and O–H groups in total. The van der Waals surface area contributed by atoms with Gasteiger partial charge in [0.05, 0.1) is 48.7 Å². The van der Waals surface area contributed by atoms with Gasteiger partial charge in [0.25, 0.3) is 23.5 Å². The number of esters is 1. The molecule has 3 aliphatic carbocycles. The lowest BCUT2D eigenvalue weighted by atomic mass is 9.78. The van der Waals surface area contributed by atoms with Crippen LogP contribution in [0.1, 0.15) is 196 Å². The normalized spacial score (nSPS) is 24.3. The Hall–Kier alpha value is -12.4. The van der Waals surface area contributed by atoms with Crippen molar-refractivity contribution in [2.75, 3.05) is 73.9 Å². The molecule has 7 aliphatic heterocycles. The summed E-state index contributed by atoms with van der Waals surface area (Å²) in [4.78, 5) is 173. The molecule has 10 aliphatic rings. The summed E-state index contributed by atoms with van der Waals surface area (Å²) in [5.41, 5.74) is 5.57. The number of aliphatic hydroxyl groups excluding tert-OH is 2. The number of aliphatic hydroxyl groups is 2. The van der Waals surface area contributed by atoms with Crippen LogP contribution in [-0.4, -0.2) is 185 Å². The summed E-state index contributed by atoms with van der Waals surface area (Å²) in [5, 5.41) is 56.6. The van der Waals surface area contributed by atoms with E-state index in [1.54, 1.807) is 90.1 Å². The number of piperidine rings is 2. The number of fused-ring (bicyclic) bond motifs is 15. The number of imide groups is 1. The van der Waals surface area contributed by atoms with Crippen LogP contribution in [0.15, 0.2) is 112 Å². The number of amides is 7. The van der Waals surface area contributed by atoms with Crippen LogP contribution in [-0.2, 0) is 59.2 Å². The molecular formula is C98H118FN9O23. The van der Waals surface area contributed by atoms with E-state index in [4.69, 9.17) is 43.6 Å². The van der Waals surface area contributed by atoms with E-state index < -0.39 is 147 Å². The number of unbranched alkanes of at least 4 members (excludes halogenated alkanes) is 2. The van der Waals surface area contributed by atoms with Gasteiger partial charge >= 0.3 is 23.8 Å². The number of carboxylic acids is 1. The van der Waals surface area contributed by atoms with Gasteiger partial charge in [-0.1, -0.05) is 84.4 Å². The van der Waals surface area contributed by atoms with Crippen LogP contribution in [0.25, 0.3) is 33.3 Å². The second kappa shape index (κ2) is 41.0. The number of hydrogen-bond acceptors (Lipinski definition) is 25. The van der Waals surface area contributed by atoms with Crippen LogP contribution in [0, 0.1) is 66.0 Å². The molecule has 0 spiro atoms. The van der Waals surface area contributed by atoms with Crippen LogP contribution in [0.5, 0.6) is 23.0 Å². The fraction of sp³-hybridized carbons (Fsp3) is 0.500. The van der Waals surface area contributed by atoms with Gasteiger partial charge in [-0.3, -0.25) is 52.8 Å². The minimum Gasteiger partial charge on any atom is -0.507 e. The molecule has 5 bridgehead atoms. The number of ketones is 3. The van der Waals surface area contributed by atoms with Crippen molar-refractivity contribution in [1.29, 1.82) is 0 Å². The predicted molar refractivity (Wildman–Crippen MR) is 484 cm³/mol. The minimum absolute atomic E-state index is 0.0138. The summed E-state index contributed by atoms with van der Waals surface area (Å²) in [5.74, 6) is -14.1. The SMILES string of the molecule is COc1c2c(cc(F)c1N1CCC(CC3CCN(c4cc(OCc5ccc(NC(=O)[C@H](CCCNC(N)=O)CC(=O)[C@@H](NC(=O)CCCCCN6C(=O)C=CC6=O)C(C)C)cc5)c5nc6c7c8c9c(C)c(O)c7c(=O)c(c-6oc5c4)NC(=O)/C(C)=C\C=C\[C@H](C)[C@H](O)[C@@H](C)[C@@H](O)[C@@H](C)[C@H](OC(C)=O)[C@H](C)[C@@H](OC)/C=C/O[C@@](C)(O9)C8=O)CC3)CC1)C(=O)C(C(=O)O)=CC2C1CC1. The molecule has 700 valence electrons. The molecule has 0 radical (unpaired) electrons. The number of primary amides is 1. The van der Waals surface area contributed by atoms with E-state index in [9.17, 15) is 68.4 Å². The highest BCUT2D eigenvalue weighted by atomic mass is 19.1. The first kappa shape index (κ1) is 96.2. The van der Waals surface area contributed by atoms with E-state index in [0.29, 0.717) is 67.9 Å². The van der Waals surface area contributed by atoms with Crippen molar-refractivity contribution < 1.29 is 110 Å². The van der Waals surface area contributed by atoms with Crippen molar-refractivity contribution in [2.24, 2.45) is 59.0 Å². The maximum atomic E-state index is 16.5. The Morgan fingerprint density at radius 2 is 1.50 bits per heavy atom. The number of carbonyl (C=O) groups excluding carboxylic acids is 10. The molecule has 1 saturated carbocycles. The molecule has 131 heavy (non-hydrogen) atoms. The lowest BCUT2D eigenvalue weighted by Gasteiger charge is -2.39. The summed E-state index contributed by atoms with van der Waals surface area (Å²) >= 11 is 0. The first-order valence-electron chi connectivity index (χ1n) is 45.2. The highest BCUT2D eigenvalue weighted by Gasteiger charge is 2.51. The zero-order chi connectivity index (χ0) is 94.5. The van der Waals surface area contributed by atoms with Gasteiger partial charge in [-0.05, 0) is 138 Å². The standard InChI is InChI=1S/C98H118FN9O23/c1-49(2)79(103-72(111)21-14-13-15-36-108-73(112)28-29-74(108)113)68(110)43-61(20-17-35-101-97(100)124)95(121)102-62-26-22-59(23-27-62)48-127-70-44-63(106-37-30-57(31-38-106)42-58-32-39-107(40-33-58)83-67(99)47-65-75(91(83)126-12)64(60-24-25-60)46-66(87(65)117)96(122)123)45-71-80(70)104-81-76-77-86(116)55(8)90-78(76)93(119)98(10,131-90)128-41-34-69(125-11)52(5)89(129-56(9)109)54(7)85(115)53(6)84(114)50(3)18-16-19-51(4)94(120)105-82(88(77)118)92(81)130-71/h16,18-19,22-23,26-29,34,41,44-47,49-50,52-54,57-58,60-61,64,69,79,84-85,89,114-116H,13-15,17,20-21,24-25,30-33,35-40,42-43,48H2,1-12H3,(H,102,121)(H,103,111)(H,105,120)(H,122,123)(H3,100,101,124)/b18-16+,41-34+,51-19-/t50-,52+,53+,54+,61+,64?,69-,79-,84-,85+,89+,98-/m0/s1. The van der Waals surface area contributed by atoms with Gasteiger partial charge in [-0.25, -0.2) is 19.0 Å². The first-order chi connectivity index (χ1) is 62.4. The number of carboxylic acid groups (broad SMARTS) is 1. The van der Waals surface area contributed by atoms with Gasteiger partial charge in [0.1, 0.15) is 58.1 Å². The Labute approximate surface area is 758 Å². The van der Waals surface area contributed by atoms with E-state index >= 15 is 14.0 Å². The number of hydrogen-bond donors (Lipinski definition) is 9. The topological polar surface area (TPSA) is 451 Å². The van der Waals surface area contributed by atoms with Gasteiger partial charge < -0.3 is 90.1 Å². The number of carbonyl (C=O) groups is 11. The largest absolute Gasteiger partial charge is 0.507 e. The number of nitrogens with zero attached hydrogens (tertiary/aromatic N) is 4. The summed E-state index contributed by atoms with van der Waals surface area (Å²) < 4.78 is 61.0. The molecule has 7 amide bonds. The summed E-state index contributed by atoms with van der Waals surface area (Å²) in [6.45, 7) is 18.1. The van der Waals surface area contributed by atoms with E-state index in [2.05, 4.69) is 26.2 Å². The molecule has 12 atom stereocenters. The Kier molecular flexibility index (Phi) is 30.1. The van der Waals surface area contributed by atoms with Crippen molar-refractivity contribution in [3.63, 3.8) is 0 Å². The van der Waals surface area contributed by atoms with Crippen LogP contribution >= 0.6 is 0 Å². The number of phenols is 1. The van der Waals surface area contributed by atoms with Gasteiger partial charge in [0, 0.05) is 172 Å². The lowest BCUT2D eigenvalue weighted by Crippen LogP contribution is -2.46. The molecule has 4 aromatic carbocycles. The lowest BCUT2D eigenvalue weighted by molar-refractivity contribution is -0.160. The van der Waals surface area contributed by atoms with E-state index in [-0.39, 0.29) is 165 Å². The number of ether oxygens (including phenoxy) is 6. The number of nitrogens with two attached hydrogens (primary N) is 1. The number of aromatic hydroxyl groups is 1. The molecule has 14 rings (SSSR count). The average molecular weight is 1810 g/mol. The molecule has 0 aromatic heterocycles. The highest BCUT2D eigenvalue weighted by molar-refractivity contribution is 6.26. The van der Waals surface area contributed by atoms with E-state index in [1.807, 2.05) is 4.90 Å². The number of anilines is 4. The van der Waals surface area contributed by atoms with Crippen molar-refractivity contribution >= 4 is 109 Å². The van der Waals surface area contributed by atoms with Crippen LogP contribution in [0.4, 0.5) is 31.9 Å². The third-order valence-corrected chi connectivity index (χ3v) is 26.9. The van der Waals surface area contributed by atoms with E-state index in [1.165, 1.54) is 84.6 Å². The number of phenolic OH excluding ortho intramolecular Hbond substituents is 1. The molecule has 3 fully saturated rings. The minimum atomic E-state index is -2.23. The van der Waals surface area contributed by atoms with Crippen molar-refractivity contribution in [3.05, 3.63) is 146 Å². The van der Waals surface area contributed by atoms with Crippen molar-refractivity contribution in [1.82, 2.24) is 20.5 Å². The van der Waals surface area contributed by atoms with Gasteiger partial charge in [-0.15, -0.1) is 0 Å². The second-order valence-corrected chi connectivity index (χ2v) is 36.4. The van der Waals surface area contributed by atoms with Crippen LogP contribution < -0.4 is 56.4 Å². The number of halogens is 1. The summed E-state index contributed by atoms with van der Waals surface area (Å²) in [6, 6.07) is 9.69. The van der Waals surface area contributed by atoms with Gasteiger partial charge in [0.15, 0.2) is 28.7 Å². The fourth-order valence-corrected chi connectivity index (χ4v) is 19.2. The number of rotatable bonds is 29. The number of urea groups is 1. The smallest absolute Gasteiger partial charge is 0.339 e. The maximum Gasteiger partial charge on any atom is 0.339 e. The number of Topliss-reactive ketones (excluding diaryl/α,β-unsaturated/α-hetero) is 3. The fourth-order valence-electron chi connectivity index (χ4n) is 19.2. The Morgan fingerprint density at radius 3 is 2.14 bits per heavy atom. The summed E-state index contributed by atoms with van der Waals surface area (Å²) in [6.07, 6.45) is 14.1. The highest BCUT2D eigenvalue weighted by Crippen LogP contribution is 2.55. The second-order valence-electron chi connectivity index (χ2n) is 36.4. The molecule has 4 aromatic rings. The van der Waals surface area contributed by atoms with Gasteiger partial charge in [-0.2, -0.15) is 0 Å². The Balaban J connectivity index is 0.821. The zero-order valence-electron chi connectivity index (χ0n) is 76.0. The first-order valence-corrected chi connectivity index (χ1v) is 45.2. The molecule has 1 unspecified atom stereocenters. The molecule has 33 heteroatoms. The maximum absolute atomic E-state index is 16.5. The molecular weight excluding hydrogens is 1690 g/mol. The molecule has 32 nitrogen and oxygen atoms in total. The monoisotopic (exact) mass is 1810 g/mol. The number of allylic oxidation sites excluding steroid dienone is 3. The third kappa shape index (κ3) is 21.0.